The fourth-order valence-corrected chi connectivity index (χ4v) is 3.74. The second-order valence-electron chi connectivity index (χ2n) is 7.74. The average molecular weight is 408 g/mol. The zero-order chi connectivity index (χ0) is 21.7. The summed E-state index contributed by atoms with van der Waals surface area (Å²) in [4.78, 5) is 26.5. The SMILES string of the molecule is C=CCOC(=O)Oc1ccc(C[C@H](N)C(=O)N2CC(C)Cc3ccccc32)c(C)c1. The Morgan fingerprint density at radius 3 is 2.80 bits per heavy atom. The first kappa shape index (κ1) is 21.6. The molecule has 1 aliphatic rings. The number of hydrogen-bond donors (Lipinski definition) is 1. The Morgan fingerprint density at radius 1 is 1.30 bits per heavy atom. The van der Waals surface area contributed by atoms with E-state index in [0.29, 0.717) is 24.6 Å². The van der Waals surface area contributed by atoms with Gasteiger partial charge in [-0.25, -0.2) is 4.79 Å². The Labute approximate surface area is 177 Å². The zero-order valence-electron chi connectivity index (χ0n) is 17.5. The number of rotatable bonds is 6. The quantitative estimate of drug-likeness (QED) is 0.447. The van der Waals surface area contributed by atoms with Crippen LogP contribution in [-0.2, 0) is 22.4 Å². The predicted octanol–water partition coefficient (Wildman–Crippen LogP) is 3.79. The van der Waals surface area contributed by atoms with Crippen molar-refractivity contribution in [2.75, 3.05) is 18.1 Å². The summed E-state index contributed by atoms with van der Waals surface area (Å²) in [6, 6.07) is 12.6. The number of fused-ring (bicyclic) bond motifs is 1. The number of carbonyl (C=O) groups excluding carboxylic acids is 2. The van der Waals surface area contributed by atoms with Crippen molar-refractivity contribution in [1.82, 2.24) is 0 Å². The maximum Gasteiger partial charge on any atom is 0.514 e. The van der Waals surface area contributed by atoms with Crippen LogP contribution in [0.5, 0.6) is 5.75 Å². The summed E-state index contributed by atoms with van der Waals surface area (Å²) in [6.45, 7) is 8.28. The molecular weight excluding hydrogens is 380 g/mol. The molecule has 0 spiro atoms. The van der Waals surface area contributed by atoms with Crippen molar-refractivity contribution >= 4 is 17.7 Å². The standard InChI is InChI=1S/C24H28N2O4/c1-4-11-29-24(28)30-20-10-9-18(17(3)13-20)14-21(25)23(27)26-15-16(2)12-19-7-5-6-8-22(19)26/h4-10,13,16,21H,1,11-12,14-15,25H2,2-3H3/t16?,21-/m0/s1. The number of benzene rings is 2. The Kier molecular flexibility index (Phi) is 6.90. The number of carbonyl (C=O) groups is 2. The third-order valence-corrected chi connectivity index (χ3v) is 5.20. The molecule has 158 valence electrons. The molecule has 2 atom stereocenters. The van der Waals surface area contributed by atoms with Crippen LogP contribution < -0.4 is 15.4 Å². The van der Waals surface area contributed by atoms with Crippen LogP contribution in [-0.4, -0.2) is 31.3 Å². The summed E-state index contributed by atoms with van der Waals surface area (Å²) < 4.78 is 9.95. The Bertz CT molecular complexity index is 941. The Balaban J connectivity index is 1.68. The molecule has 2 N–H and O–H groups in total. The van der Waals surface area contributed by atoms with E-state index in [-0.39, 0.29) is 12.5 Å². The smallest absolute Gasteiger partial charge is 0.430 e. The number of para-hydroxylation sites is 1. The fourth-order valence-electron chi connectivity index (χ4n) is 3.74. The van der Waals surface area contributed by atoms with E-state index in [1.54, 1.807) is 12.1 Å². The van der Waals surface area contributed by atoms with Gasteiger partial charge in [0.2, 0.25) is 5.91 Å². The molecule has 0 fully saturated rings. The summed E-state index contributed by atoms with van der Waals surface area (Å²) in [5.74, 6) is 0.681. The van der Waals surface area contributed by atoms with Crippen molar-refractivity contribution < 1.29 is 19.1 Å². The summed E-state index contributed by atoms with van der Waals surface area (Å²) in [7, 11) is 0. The predicted molar refractivity (Wildman–Crippen MR) is 117 cm³/mol. The summed E-state index contributed by atoms with van der Waals surface area (Å²) in [5, 5.41) is 0. The molecular formula is C24H28N2O4. The van der Waals surface area contributed by atoms with E-state index in [1.165, 1.54) is 11.6 Å². The van der Waals surface area contributed by atoms with Gasteiger partial charge in [0, 0.05) is 12.2 Å². The lowest BCUT2D eigenvalue weighted by Gasteiger charge is -2.34. The van der Waals surface area contributed by atoms with Crippen molar-refractivity contribution in [2.45, 2.75) is 32.7 Å². The highest BCUT2D eigenvalue weighted by atomic mass is 16.7. The largest absolute Gasteiger partial charge is 0.514 e. The van der Waals surface area contributed by atoms with E-state index in [0.717, 1.165) is 23.2 Å². The highest BCUT2D eigenvalue weighted by Crippen LogP contribution is 2.30. The van der Waals surface area contributed by atoms with Crippen LogP contribution in [0.2, 0.25) is 0 Å². The monoisotopic (exact) mass is 408 g/mol. The molecule has 1 unspecified atom stereocenters. The lowest BCUT2D eigenvalue weighted by atomic mass is 9.92. The second kappa shape index (κ2) is 9.59. The van der Waals surface area contributed by atoms with Crippen LogP contribution in [0, 0.1) is 12.8 Å². The van der Waals surface area contributed by atoms with Crippen LogP contribution in [0.25, 0.3) is 0 Å². The van der Waals surface area contributed by atoms with Gasteiger partial charge in [-0.1, -0.05) is 43.8 Å². The summed E-state index contributed by atoms with van der Waals surface area (Å²) in [6.07, 6.45) is 2.05. The molecule has 30 heavy (non-hydrogen) atoms. The Morgan fingerprint density at radius 2 is 2.07 bits per heavy atom. The minimum absolute atomic E-state index is 0.0817. The van der Waals surface area contributed by atoms with E-state index in [2.05, 4.69) is 19.6 Å². The van der Waals surface area contributed by atoms with Crippen LogP contribution in [0.4, 0.5) is 10.5 Å². The lowest BCUT2D eigenvalue weighted by molar-refractivity contribution is -0.120. The molecule has 2 aromatic rings. The minimum Gasteiger partial charge on any atom is -0.430 e. The number of anilines is 1. The molecule has 2 aromatic carbocycles. The van der Waals surface area contributed by atoms with Crippen LogP contribution in [0.3, 0.4) is 0 Å². The molecule has 1 amide bonds. The minimum atomic E-state index is -0.785. The summed E-state index contributed by atoms with van der Waals surface area (Å²) in [5.41, 5.74) is 10.3. The molecule has 0 aromatic heterocycles. The maximum atomic E-state index is 13.1. The maximum absolute atomic E-state index is 13.1. The number of ether oxygens (including phenoxy) is 2. The third kappa shape index (κ3) is 5.07. The van der Waals surface area contributed by atoms with Crippen LogP contribution >= 0.6 is 0 Å². The van der Waals surface area contributed by atoms with Gasteiger partial charge in [0.15, 0.2) is 0 Å². The first-order valence-electron chi connectivity index (χ1n) is 10.1. The van der Waals surface area contributed by atoms with E-state index >= 15 is 0 Å². The van der Waals surface area contributed by atoms with Gasteiger partial charge in [-0.05, 0) is 60.6 Å². The topological polar surface area (TPSA) is 81.9 Å². The molecule has 0 radical (unpaired) electrons. The van der Waals surface area contributed by atoms with Gasteiger partial charge >= 0.3 is 6.16 Å². The molecule has 0 bridgehead atoms. The van der Waals surface area contributed by atoms with Gasteiger partial charge in [0.1, 0.15) is 12.4 Å². The molecule has 0 saturated heterocycles. The molecule has 3 rings (SSSR count). The molecule has 6 heteroatoms. The van der Waals surface area contributed by atoms with Gasteiger partial charge in [0.05, 0.1) is 6.04 Å². The van der Waals surface area contributed by atoms with E-state index in [4.69, 9.17) is 15.2 Å². The van der Waals surface area contributed by atoms with Gasteiger partial charge in [0.25, 0.3) is 0 Å². The average Bonchev–Trinajstić information content (AvgIpc) is 2.72. The highest BCUT2D eigenvalue weighted by Gasteiger charge is 2.29. The van der Waals surface area contributed by atoms with Crippen LogP contribution in [0.15, 0.2) is 55.1 Å². The van der Waals surface area contributed by atoms with Gasteiger partial charge in [-0.15, -0.1) is 0 Å². The van der Waals surface area contributed by atoms with Crippen molar-refractivity contribution in [1.29, 1.82) is 0 Å². The first-order chi connectivity index (χ1) is 14.4. The lowest BCUT2D eigenvalue weighted by Crippen LogP contribution is -2.48. The number of aryl methyl sites for hydroxylation is 1. The molecule has 1 heterocycles. The normalized spacial score (nSPS) is 16.4. The van der Waals surface area contributed by atoms with Crippen molar-refractivity contribution in [3.8, 4) is 5.75 Å². The molecule has 1 aliphatic heterocycles. The van der Waals surface area contributed by atoms with E-state index in [9.17, 15) is 9.59 Å². The van der Waals surface area contributed by atoms with E-state index < -0.39 is 12.2 Å². The van der Waals surface area contributed by atoms with Crippen LogP contribution in [0.1, 0.15) is 23.6 Å². The van der Waals surface area contributed by atoms with Crippen molar-refractivity contribution in [2.24, 2.45) is 11.7 Å². The van der Waals surface area contributed by atoms with Gasteiger partial charge < -0.3 is 20.1 Å². The number of nitrogens with zero attached hydrogens (tertiary/aromatic N) is 1. The number of amides is 1. The van der Waals surface area contributed by atoms with E-state index in [1.807, 2.05) is 36.1 Å². The number of hydrogen-bond acceptors (Lipinski definition) is 5. The zero-order valence-corrected chi connectivity index (χ0v) is 17.5. The van der Waals surface area contributed by atoms with Crippen molar-refractivity contribution in [3.05, 3.63) is 71.8 Å². The van der Waals surface area contributed by atoms with Crippen molar-refractivity contribution in [3.63, 3.8) is 0 Å². The first-order valence-corrected chi connectivity index (χ1v) is 10.1. The Hall–Kier alpha value is -3.12. The second-order valence-corrected chi connectivity index (χ2v) is 7.74. The summed E-state index contributed by atoms with van der Waals surface area (Å²) >= 11 is 0. The van der Waals surface area contributed by atoms with Gasteiger partial charge in [-0.2, -0.15) is 0 Å². The molecule has 0 aliphatic carbocycles. The van der Waals surface area contributed by atoms with Gasteiger partial charge in [-0.3, -0.25) is 4.79 Å². The fraction of sp³-hybridized carbons (Fsp3) is 0.333. The third-order valence-electron chi connectivity index (χ3n) is 5.20. The highest BCUT2D eigenvalue weighted by molar-refractivity contribution is 5.98. The number of nitrogens with two attached hydrogens (primary N) is 1. The molecule has 6 nitrogen and oxygen atoms in total. The molecule has 0 saturated carbocycles.